The predicted molar refractivity (Wildman–Crippen MR) is 75.5 cm³/mol. The lowest BCUT2D eigenvalue weighted by atomic mass is 10.1. The lowest BCUT2D eigenvalue weighted by Crippen LogP contribution is -2.25. The molecule has 2 rings (SSSR count). The second kappa shape index (κ2) is 6.06. The number of nitrogens with zero attached hydrogens (tertiary/aromatic N) is 1. The minimum absolute atomic E-state index is 0.0318. The summed E-state index contributed by atoms with van der Waals surface area (Å²) in [6.45, 7) is 1.97. The van der Waals surface area contributed by atoms with E-state index in [9.17, 15) is 14.9 Å². The Morgan fingerprint density at radius 2 is 2.14 bits per heavy atom. The Hall–Kier alpha value is -2.87. The van der Waals surface area contributed by atoms with Crippen LogP contribution in [0, 0.1) is 17.0 Å². The van der Waals surface area contributed by atoms with Crippen molar-refractivity contribution in [2.24, 2.45) is 5.84 Å². The molecule has 21 heavy (non-hydrogen) atoms. The van der Waals surface area contributed by atoms with E-state index in [0.717, 1.165) is 5.76 Å². The Balaban J connectivity index is 2.19. The van der Waals surface area contributed by atoms with Gasteiger partial charge in [-0.3, -0.25) is 20.8 Å². The van der Waals surface area contributed by atoms with Gasteiger partial charge in [0, 0.05) is 6.07 Å². The first-order valence-electron chi connectivity index (χ1n) is 6.10. The highest BCUT2D eigenvalue weighted by atomic mass is 16.6. The zero-order chi connectivity index (χ0) is 15.4. The van der Waals surface area contributed by atoms with E-state index in [0.29, 0.717) is 5.76 Å². The van der Waals surface area contributed by atoms with Gasteiger partial charge in [-0.2, -0.15) is 0 Å². The fourth-order valence-electron chi connectivity index (χ4n) is 1.88. The van der Waals surface area contributed by atoms with Gasteiger partial charge in [0.1, 0.15) is 17.2 Å². The number of hydrogen-bond acceptors (Lipinski definition) is 6. The van der Waals surface area contributed by atoms with Crippen LogP contribution in [0.4, 0.5) is 11.4 Å². The van der Waals surface area contributed by atoms with E-state index in [-0.39, 0.29) is 23.5 Å². The van der Waals surface area contributed by atoms with Gasteiger partial charge in [0.2, 0.25) is 0 Å². The standard InChI is InChI=1S/C13H14N4O4/c1-8-5-6-9(21-8)7-15-13(18)10-3-2-4-11(17(19)20)12(10)16-14/h2-6,16H,7,14H2,1H3,(H,15,18). The number of para-hydroxylation sites is 1. The van der Waals surface area contributed by atoms with Crippen molar-refractivity contribution in [2.45, 2.75) is 13.5 Å². The van der Waals surface area contributed by atoms with Crippen LogP contribution in [0.3, 0.4) is 0 Å². The number of hydrazine groups is 1. The van der Waals surface area contributed by atoms with Gasteiger partial charge < -0.3 is 15.2 Å². The number of furan rings is 1. The largest absolute Gasteiger partial charge is 0.465 e. The maximum atomic E-state index is 12.1. The molecule has 0 saturated heterocycles. The lowest BCUT2D eigenvalue weighted by molar-refractivity contribution is -0.384. The zero-order valence-electron chi connectivity index (χ0n) is 11.3. The van der Waals surface area contributed by atoms with E-state index >= 15 is 0 Å². The molecular weight excluding hydrogens is 276 g/mol. The fraction of sp³-hybridized carbons (Fsp3) is 0.154. The number of nitro benzene ring substituents is 1. The molecule has 0 fully saturated rings. The molecule has 0 atom stereocenters. The quantitative estimate of drug-likeness (QED) is 0.437. The number of nitrogen functional groups attached to an aromatic ring is 1. The molecular formula is C13H14N4O4. The average molecular weight is 290 g/mol. The van der Waals surface area contributed by atoms with Crippen molar-refractivity contribution in [3.05, 3.63) is 57.5 Å². The maximum Gasteiger partial charge on any atom is 0.294 e. The van der Waals surface area contributed by atoms with Gasteiger partial charge in [-0.1, -0.05) is 6.07 Å². The molecule has 0 saturated carbocycles. The lowest BCUT2D eigenvalue weighted by Gasteiger charge is -2.09. The minimum atomic E-state index is -0.609. The number of amides is 1. The average Bonchev–Trinajstić information content (AvgIpc) is 2.89. The normalized spacial score (nSPS) is 10.2. The topological polar surface area (TPSA) is 123 Å². The Kier molecular flexibility index (Phi) is 4.19. The molecule has 4 N–H and O–H groups in total. The van der Waals surface area contributed by atoms with E-state index in [1.807, 2.05) is 0 Å². The summed E-state index contributed by atoms with van der Waals surface area (Å²) in [4.78, 5) is 22.4. The van der Waals surface area contributed by atoms with Gasteiger partial charge in [0.15, 0.2) is 0 Å². The van der Waals surface area contributed by atoms with Gasteiger partial charge in [-0.05, 0) is 25.1 Å². The van der Waals surface area contributed by atoms with E-state index in [1.54, 1.807) is 19.1 Å². The van der Waals surface area contributed by atoms with Crippen LogP contribution in [-0.2, 0) is 6.54 Å². The molecule has 0 bridgehead atoms. The third-order valence-electron chi connectivity index (χ3n) is 2.85. The van der Waals surface area contributed by atoms with Gasteiger partial charge in [-0.25, -0.2) is 0 Å². The fourth-order valence-corrected chi connectivity index (χ4v) is 1.88. The van der Waals surface area contributed by atoms with Gasteiger partial charge in [0.25, 0.3) is 11.6 Å². The van der Waals surface area contributed by atoms with Crippen molar-refractivity contribution in [2.75, 3.05) is 5.43 Å². The second-order valence-corrected chi connectivity index (χ2v) is 4.30. The van der Waals surface area contributed by atoms with Crippen LogP contribution < -0.4 is 16.6 Å². The van der Waals surface area contributed by atoms with Crippen molar-refractivity contribution >= 4 is 17.3 Å². The van der Waals surface area contributed by atoms with Crippen LogP contribution in [0.2, 0.25) is 0 Å². The smallest absolute Gasteiger partial charge is 0.294 e. The first-order valence-corrected chi connectivity index (χ1v) is 6.10. The van der Waals surface area contributed by atoms with Crippen molar-refractivity contribution < 1.29 is 14.1 Å². The highest BCUT2D eigenvalue weighted by Crippen LogP contribution is 2.27. The van der Waals surface area contributed by atoms with Crippen molar-refractivity contribution in [1.82, 2.24) is 5.32 Å². The van der Waals surface area contributed by atoms with E-state index in [1.165, 1.54) is 18.2 Å². The Bertz CT molecular complexity index is 681. The van der Waals surface area contributed by atoms with E-state index in [2.05, 4.69) is 10.7 Å². The number of hydrogen-bond donors (Lipinski definition) is 3. The van der Waals surface area contributed by atoms with Gasteiger partial charge in [0.05, 0.1) is 17.0 Å². The summed E-state index contributed by atoms with van der Waals surface area (Å²) in [5.74, 6) is 6.13. The molecule has 0 aliphatic carbocycles. The van der Waals surface area contributed by atoms with Gasteiger partial charge in [-0.15, -0.1) is 0 Å². The highest BCUT2D eigenvalue weighted by Gasteiger charge is 2.20. The molecule has 8 heteroatoms. The summed E-state index contributed by atoms with van der Waals surface area (Å²) in [5, 5.41) is 13.5. The first kappa shape index (κ1) is 14.5. The van der Waals surface area contributed by atoms with Crippen LogP contribution >= 0.6 is 0 Å². The number of carbonyl (C=O) groups is 1. The number of carbonyl (C=O) groups excluding carboxylic acids is 1. The number of nitro groups is 1. The Morgan fingerprint density at radius 3 is 2.71 bits per heavy atom. The molecule has 0 aliphatic rings. The van der Waals surface area contributed by atoms with Crippen LogP contribution in [-0.4, -0.2) is 10.8 Å². The summed E-state index contributed by atoms with van der Waals surface area (Å²) in [6, 6.07) is 7.66. The second-order valence-electron chi connectivity index (χ2n) is 4.30. The Morgan fingerprint density at radius 1 is 1.38 bits per heavy atom. The molecule has 2 aromatic rings. The van der Waals surface area contributed by atoms with Crippen molar-refractivity contribution in [3.63, 3.8) is 0 Å². The number of rotatable bonds is 5. The number of nitrogens with one attached hydrogen (secondary N) is 2. The molecule has 1 aromatic heterocycles. The van der Waals surface area contributed by atoms with Crippen molar-refractivity contribution in [3.8, 4) is 0 Å². The molecule has 0 spiro atoms. The van der Waals surface area contributed by atoms with Crippen LogP contribution in [0.1, 0.15) is 21.9 Å². The monoisotopic (exact) mass is 290 g/mol. The first-order chi connectivity index (χ1) is 10.0. The highest BCUT2D eigenvalue weighted by molar-refractivity contribution is 6.01. The minimum Gasteiger partial charge on any atom is -0.465 e. The molecule has 1 amide bonds. The van der Waals surface area contributed by atoms with Gasteiger partial charge >= 0.3 is 0 Å². The molecule has 0 unspecified atom stereocenters. The molecule has 8 nitrogen and oxygen atoms in total. The number of nitrogens with two attached hydrogens (primary N) is 1. The third kappa shape index (κ3) is 3.18. The summed E-state index contributed by atoms with van der Waals surface area (Å²) in [5.41, 5.74) is 2.00. The van der Waals surface area contributed by atoms with Crippen LogP contribution in [0.15, 0.2) is 34.7 Å². The van der Waals surface area contributed by atoms with E-state index in [4.69, 9.17) is 10.3 Å². The predicted octanol–water partition coefficient (Wildman–Crippen LogP) is 1.71. The summed E-state index contributed by atoms with van der Waals surface area (Å²) < 4.78 is 5.33. The summed E-state index contributed by atoms with van der Waals surface area (Å²) in [7, 11) is 0. The maximum absolute atomic E-state index is 12.1. The van der Waals surface area contributed by atoms with E-state index < -0.39 is 10.8 Å². The summed E-state index contributed by atoms with van der Waals surface area (Å²) in [6.07, 6.45) is 0. The summed E-state index contributed by atoms with van der Waals surface area (Å²) >= 11 is 0. The number of aryl methyl sites for hydroxylation is 1. The number of anilines is 1. The van der Waals surface area contributed by atoms with Crippen LogP contribution in [0.5, 0.6) is 0 Å². The molecule has 0 radical (unpaired) electrons. The molecule has 0 aliphatic heterocycles. The Labute approximate surface area is 120 Å². The number of benzene rings is 1. The SMILES string of the molecule is Cc1ccc(CNC(=O)c2cccc([N+](=O)[O-])c2NN)o1. The molecule has 110 valence electrons. The van der Waals surface area contributed by atoms with Crippen molar-refractivity contribution in [1.29, 1.82) is 0 Å². The van der Waals surface area contributed by atoms with Crippen LogP contribution in [0.25, 0.3) is 0 Å². The molecule has 1 aromatic carbocycles. The zero-order valence-corrected chi connectivity index (χ0v) is 11.3. The molecule has 1 heterocycles. The third-order valence-corrected chi connectivity index (χ3v) is 2.85.